The highest BCUT2D eigenvalue weighted by atomic mass is 19.2. The van der Waals surface area contributed by atoms with Crippen LogP contribution in [0.5, 0.6) is 0 Å². The summed E-state index contributed by atoms with van der Waals surface area (Å²) < 4.78 is 57.3. The van der Waals surface area contributed by atoms with E-state index in [9.17, 15) is 22.4 Å². The van der Waals surface area contributed by atoms with Gasteiger partial charge in [-0.25, -0.2) is 17.6 Å². The van der Waals surface area contributed by atoms with E-state index in [1.54, 1.807) is 18.2 Å². The lowest BCUT2D eigenvalue weighted by Gasteiger charge is -2.12. The highest BCUT2D eigenvalue weighted by molar-refractivity contribution is 6.06. The highest BCUT2D eigenvalue weighted by Gasteiger charge is 2.24. The quantitative estimate of drug-likeness (QED) is 0.201. The van der Waals surface area contributed by atoms with Crippen LogP contribution in [0.4, 0.5) is 34.6 Å². The molecule has 0 unspecified atom stereocenters. The van der Waals surface area contributed by atoms with Gasteiger partial charge in [0, 0.05) is 16.9 Å². The molecule has 142 valence electrons. The molecule has 0 atom stereocenters. The zero-order valence-electron chi connectivity index (χ0n) is 14.3. The lowest BCUT2D eigenvalue weighted by Crippen LogP contribution is -2.06. The molecule has 3 aromatic rings. The zero-order valence-corrected chi connectivity index (χ0v) is 14.3. The first kappa shape index (κ1) is 19.2. The Hall–Kier alpha value is -3.61. The molecular weight excluding hydrogens is 372 g/mol. The maximum Gasteiger partial charge on any atom is 0.186 e. The number of carbonyl (C=O) groups is 1. The van der Waals surface area contributed by atoms with Crippen molar-refractivity contribution in [1.29, 1.82) is 0 Å². The first-order chi connectivity index (χ1) is 13.4. The third kappa shape index (κ3) is 3.88. The Labute approximate surface area is 158 Å². The van der Waals surface area contributed by atoms with Gasteiger partial charge in [0.2, 0.25) is 0 Å². The van der Waals surface area contributed by atoms with E-state index < -0.39 is 40.3 Å². The topological polar surface area (TPSA) is 55.1 Å². The van der Waals surface area contributed by atoms with Gasteiger partial charge < -0.3 is 11.1 Å². The van der Waals surface area contributed by atoms with Crippen molar-refractivity contribution in [3.05, 3.63) is 95.1 Å². The largest absolute Gasteiger partial charge is 0.399 e. The van der Waals surface area contributed by atoms with E-state index in [1.165, 1.54) is 36.4 Å². The molecule has 0 aliphatic carbocycles. The molecule has 0 fully saturated rings. The van der Waals surface area contributed by atoms with Gasteiger partial charge in [0.15, 0.2) is 29.1 Å². The van der Waals surface area contributed by atoms with E-state index in [-0.39, 0.29) is 11.3 Å². The third-order valence-corrected chi connectivity index (χ3v) is 3.94. The smallest absolute Gasteiger partial charge is 0.186 e. The number of anilines is 3. The molecule has 3 N–H and O–H groups in total. The van der Waals surface area contributed by atoms with E-state index in [0.717, 1.165) is 6.08 Å². The van der Waals surface area contributed by atoms with Gasteiger partial charge in [0.1, 0.15) is 5.69 Å². The average molecular weight is 386 g/mol. The Morgan fingerprint density at radius 2 is 1.39 bits per heavy atom. The van der Waals surface area contributed by atoms with Gasteiger partial charge >= 0.3 is 0 Å². The Morgan fingerprint density at radius 3 is 1.96 bits per heavy atom. The number of nitrogen functional groups attached to an aromatic ring is 1. The first-order valence-electron chi connectivity index (χ1n) is 8.14. The minimum atomic E-state index is -1.62. The number of ketones is 1. The summed E-state index contributed by atoms with van der Waals surface area (Å²) in [6.45, 7) is 0. The zero-order chi connectivity index (χ0) is 20.3. The number of hydrogen-bond donors (Lipinski definition) is 2. The molecule has 0 aromatic heterocycles. The summed E-state index contributed by atoms with van der Waals surface area (Å²) in [6.07, 6.45) is 1.56. The van der Waals surface area contributed by atoms with Crippen molar-refractivity contribution in [2.24, 2.45) is 0 Å². The number of nitrogens with one attached hydrogen (secondary N) is 1. The van der Waals surface area contributed by atoms with Crippen LogP contribution in [0.2, 0.25) is 0 Å². The summed E-state index contributed by atoms with van der Waals surface area (Å²) in [5, 5.41) is 2.29. The maximum absolute atomic E-state index is 14.3. The second-order valence-electron chi connectivity index (χ2n) is 5.86. The summed E-state index contributed by atoms with van der Waals surface area (Å²) >= 11 is 0. The van der Waals surface area contributed by atoms with Gasteiger partial charge in [-0.15, -0.1) is 0 Å². The van der Waals surface area contributed by atoms with Gasteiger partial charge in [-0.3, -0.25) is 4.79 Å². The van der Waals surface area contributed by atoms with E-state index >= 15 is 0 Å². The Balaban J connectivity index is 1.95. The number of halogens is 4. The summed E-state index contributed by atoms with van der Waals surface area (Å²) in [4.78, 5) is 12.0. The van der Waals surface area contributed by atoms with Crippen LogP contribution in [0, 0.1) is 23.3 Å². The van der Waals surface area contributed by atoms with Crippen LogP contribution < -0.4 is 11.1 Å². The normalized spacial score (nSPS) is 11.0. The fraction of sp³-hybridized carbons (Fsp3) is 0. The Morgan fingerprint density at radius 1 is 0.821 bits per heavy atom. The molecule has 3 rings (SSSR count). The molecule has 0 saturated carbocycles. The predicted octanol–water partition coefficient (Wildman–Crippen LogP) is 5.46. The number of carbonyl (C=O) groups excluding carboxylic acids is 1. The number of rotatable bonds is 5. The molecular formula is C21H14F4N2O. The van der Waals surface area contributed by atoms with Gasteiger partial charge in [-0.05, 0) is 36.4 Å². The molecule has 3 nitrogen and oxygen atoms in total. The molecule has 7 heteroatoms. The SMILES string of the molecule is Nc1ccc(Nc2c(F)c(F)c(C=CC(=O)c3ccccc3)c(F)c2F)cc1. The van der Waals surface area contributed by atoms with Gasteiger partial charge in [0.05, 0.1) is 5.56 Å². The summed E-state index contributed by atoms with van der Waals surface area (Å²) in [6, 6.07) is 13.6. The van der Waals surface area contributed by atoms with Crippen LogP contribution in [0.25, 0.3) is 6.08 Å². The van der Waals surface area contributed by atoms with Crippen LogP contribution in [0.3, 0.4) is 0 Å². The fourth-order valence-electron chi connectivity index (χ4n) is 2.47. The molecule has 3 aromatic carbocycles. The first-order valence-corrected chi connectivity index (χ1v) is 8.14. The van der Waals surface area contributed by atoms with Crippen molar-refractivity contribution in [2.75, 3.05) is 11.1 Å². The van der Waals surface area contributed by atoms with Crippen molar-refractivity contribution >= 4 is 28.9 Å². The molecule has 0 saturated heterocycles. The van der Waals surface area contributed by atoms with Crippen molar-refractivity contribution in [3.63, 3.8) is 0 Å². The summed E-state index contributed by atoms with van der Waals surface area (Å²) in [5.41, 5.74) is 4.42. The van der Waals surface area contributed by atoms with E-state index in [2.05, 4.69) is 5.32 Å². The standard InChI is InChI=1S/C21H14F4N2O/c22-17-15(10-11-16(28)12-4-2-1-3-5-12)18(23)20(25)21(19(17)24)27-14-8-6-13(26)7-9-14/h1-11,27H,26H2. The number of nitrogens with two attached hydrogens (primary N) is 1. The third-order valence-electron chi connectivity index (χ3n) is 3.94. The van der Waals surface area contributed by atoms with Crippen molar-refractivity contribution < 1.29 is 22.4 Å². The van der Waals surface area contributed by atoms with Crippen LogP contribution in [-0.4, -0.2) is 5.78 Å². The molecule has 0 aliphatic heterocycles. The lowest BCUT2D eigenvalue weighted by atomic mass is 10.1. The number of hydrogen-bond acceptors (Lipinski definition) is 3. The lowest BCUT2D eigenvalue weighted by molar-refractivity contribution is 0.104. The number of benzene rings is 3. The average Bonchev–Trinajstić information content (AvgIpc) is 2.71. The van der Waals surface area contributed by atoms with Crippen LogP contribution in [0.1, 0.15) is 15.9 Å². The molecule has 0 amide bonds. The van der Waals surface area contributed by atoms with Crippen LogP contribution in [0.15, 0.2) is 60.7 Å². The molecule has 0 aliphatic rings. The van der Waals surface area contributed by atoms with E-state index in [1.807, 2.05) is 0 Å². The fourth-order valence-corrected chi connectivity index (χ4v) is 2.47. The Kier molecular flexibility index (Phi) is 5.44. The molecule has 0 heterocycles. The van der Waals surface area contributed by atoms with Crippen molar-refractivity contribution in [3.8, 4) is 0 Å². The van der Waals surface area contributed by atoms with Crippen molar-refractivity contribution in [2.45, 2.75) is 0 Å². The maximum atomic E-state index is 14.3. The van der Waals surface area contributed by atoms with E-state index in [0.29, 0.717) is 11.8 Å². The van der Waals surface area contributed by atoms with Crippen LogP contribution >= 0.6 is 0 Å². The minimum absolute atomic E-state index is 0.188. The summed E-state index contributed by atoms with van der Waals surface area (Å²) in [7, 11) is 0. The molecule has 0 bridgehead atoms. The minimum Gasteiger partial charge on any atom is -0.399 e. The summed E-state index contributed by atoms with van der Waals surface area (Å²) in [5.74, 6) is -7.02. The molecule has 0 spiro atoms. The van der Waals surface area contributed by atoms with Crippen LogP contribution in [-0.2, 0) is 0 Å². The predicted molar refractivity (Wildman–Crippen MR) is 100 cm³/mol. The molecule has 28 heavy (non-hydrogen) atoms. The van der Waals surface area contributed by atoms with Gasteiger partial charge in [0.25, 0.3) is 0 Å². The van der Waals surface area contributed by atoms with Gasteiger partial charge in [-0.1, -0.05) is 30.3 Å². The second-order valence-corrected chi connectivity index (χ2v) is 5.86. The highest BCUT2D eigenvalue weighted by Crippen LogP contribution is 2.31. The number of allylic oxidation sites excluding steroid dienone is 1. The molecule has 0 radical (unpaired) electrons. The Bertz CT molecular complexity index is 1020. The second kappa shape index (κ2) is 7.96. The van der Waals surface area contributed by atoms with Gasteiger partial charge in [-0.2, -0.15) is 0 Å². The van der Waals surface area contributed by atoms with E-state index in [4.69, 9.17) is 5.73 Å². The van der Waals surface area contributed by atoms with Crippen molar-refractivity contribution in [1.82, 2.24) is 0 Å². The monoisotopic (exact) mass is 386 g/mol.